The highest BCUT2D eigenvalue weighted by Gasteiger charge is 2.15. The van der Waals surface area contributed by atoms with Crippen molar-refractivity contribution in [3.8, 4) is 0 Å². The van der Waals surface area contributed by atoms with Gasteiger partial charge in [0, 0.05) is 18.5 Å². The van der Waals surface area contributed by atoms with Gasteiger partial charge in [0.25, 0.3) is 0 Å². The Kier molecular flexibility index (Phi) is 2.44. The summed E-state index contributed by atoms with van der Waals surface area (Å²) in [7, 11) is 0. The van der Waals surface area contributed by atoms with Crippen molar-refractivity contribution >= 4 is 18.1 Å². The Bertz CT molecular complexity index is 378. The smallest absolute Gasteiger partial charge is 0.0668 e. The zero-order chi connectivity index (χ0) is 9.97. The molecule has 72 valence electrons. The van der Waals surface area contributed by atoms with Crippen molar-refractivity contribution in [2.75, 3.05) is 0 Å². The Balaban J connectivity index is 2.22. The van der Waals surface area contributed by atoms with Crippen LogP contribution < -0.4 is 0 Å². The van der Waals surface area contributed by atoms with Crippen molar-refractivity contribution in [3.05, 3.63) is 29.8 Å². The number of aliphatic imine (C=N–C) groups is 2. The first-order valence-corrected chi connectivity index (χ1v) is 4.94. The Morgan fingerprint density at radius 3 is 2.93 bits per heavy atom. The number of rotatable bonds is 2. The van der Waals surface area contributed by atoms with E-state index in [1.807, 2.05) is 30.6 Å². The monoisotopic (exact) mass is 186 g/mol. The molecule has 1 aliphatic rings. The van der Waals surface area contributed by atoms with Crippen LogP contribution in [0.1, 0.15) is 25.3 Å². The molecule has 0 spiro atoms. The number of fused-ring (bicyclic) bond motifs is 1. The fraction of sp³-hybridized carbons (Fsp3) is 0.333. The molecule has 1 unspecified atom stereocenters. The van der Waals surface area contributed by atoms with Crippen LogP contribution in [0.4, 0.5) is 5.69 Å². The van der Waals surface area contributed by atoms with Gasteiger partial charge < -0.3 is 0 Å². The summed E-state index contributed by atoms with van der Waals surface area (Å²) in [5, 5.41) is 0. The highest BCUT2D eigenvalue weighted by molar-refractivity contribution is 5.96. The highest BCUT2D eigenvalue weighted by atomic mass is 14.8. The first-order valence-electron chi connectivity index (χ1n) is 4.94. The summed E-state index contributed by atoms with van der Waals surface area (Å²) in [6.45, 7) is 4.16. The Morgan fingerprint density at radius 2 is 2.14 bits per heavy atom. The maximum atomic E-state index is 4.39. The van der Waals surface area contributed by atoms with Crippen LogP contribution in [0.2, 0.25) is 0 Å². The van der Waals surface area contributed by atoms with Crippen molar-refractivity contribution in [1.82, 2.24) is 0 Å². The van der Waals surface area contributed by atoms with Crippen molar-refractivity contribution < 1.29 is 0 Å². The van der Waals surface area contributed by atoms with Crippen LogP contribution in [-0.4, -0.2) is 18.5 Å². The molecule has 1 atom stereocenters. The van der Waals surface area contributed by atoms with Crippen molar-refractivity contribution in [3.63, 3.8) is 0 Å². The fourth-order valence-electron chi connectivity index (χ4n) is 1.51. The fourth-order valence-corrected chi connectivity index (χ4v) is 1.51. The van der Waals surface area contributed by atoms with Gasteiger partial charge in [-0.1, -0.05) is 18.2 Å². The molecule has 1 heterocycles. The summed E-state index contributed by atoms with van der Waals surface area (Å²) in [5.41, 5.74) is 2.34. The van der Waals surface area contributed by atoms with Crippen molar-refractivity contribution in [2.24, 2.45) is 9.98 Å². The third-order valence-electron chi connectivity index (χ3n) is 2.21. The van der Waals surface area contributed by atoms with Gasteiger partial charge in [0.2, 0.25) is 0 Å². The molecule has 2 heteroatoms. The summed E-state index contributed by atoms with van der Waals surface area (Å²) in [6.07, 6.45) is 3.94. The molecular weight excluding hydrogens is 172 g/mol. The molecule has 0 saturated heterocycles. The van der Waals surface area contributed by atoms with E-state index in [2.05, 4.69) is 29.9 Å². The van der Waals surface area contributed by atoms with Gasteiger partial charge in [0.1, 0.15) is 0 Å². The molecule has 0 amide bonds. The van der Waals surface area contributed by atoms with Gasteiger partial charge in [-0.15, -0.1) is 0 Å². The molecule has 1 aromatic carbocycles. The van der Waals surface area contributed by atoms with Gasteiger partial charge in [0.05, 0.1) is 11.6 Å². The quantitative estimate of drug-likeness (QED) is 0.634. The highest BCUT2D eigenvalue weighted by Crippen LogP contribution is 2.30. The predicted octanol–water partition coefficient (Wildman–Crippen LogP) is 2.97. The zero-order valence-electron chi connectivity index (χ0n) is 8.51. The SMILES string of the molecule is CC(C)N=CC1C=Nc2ccccc21. The zero-order valence-corrected chi connectivity index (χ0v) is 8.51. The lowest BCUT2D eigenvalue weighted by Crippen LogP contribution is -2.00. The molecule has 0 bridgehead atoms. The van der Waals surface area contributed by atoms with Crippen LogP contribution in [-0.2, 0) is 0 Å². The van der Waals surface area contributed by atoms with E-state index in [-0.39, 0.29) is 5.92 Å². The third kappa shape index (κ3) is 1.74. The van der Waals surface area contributed by atoms with E-state index in [0.29, 0.717) is 6.04 Å². The van der Waals surface area contributed by atoms with E-state index in [9.17, 15) is 0 Å². The minimum Gasteiger partial charge on any atom is -0.294 e. The summed E-state index contributed by atoms with van der Waals surface area (Å²) in [6, 6.07) is 8.56. The number of para-hydroxylation sites is 1. The van der Waals surface area contributed by atoms with E-state index >= 15 is 0 Å². The Morgan fingerprint density at radius 1 is 1.36 bits per heavy atom. The number of hydrogen-bond acceptors (Lipinski definition) is 2. The van der Waals surface area contributed by atoms with E-state index in [4.69, 9.17) is 0 Å². The number of hydrogen-bond donors (Lipinski definition) is 0. The number of nitrogens with zero attached hydrogens (tertiary/aromatic N) is 2. The summed E-state index contributed by atoms with van der Waals surface area (Å²) >= 11 is 0. The standard InChI is InChI=1S/C12H14N2/c1-9(2)13-7-10-8-14-12-6-4-3-5-11(10)12/h3-10H,1-2H3. The van der Waals surface area contributed by atoms with Gasteiger partial charge in [0.15, 0.2) is 0 Å². The summed E-state index contributed by atoms with van der Waals surface area (Å²) in [4.78, 5) is 8.73. The molecular formula is C12H14N2. The predicted molar refractivity (Wildman–Crippen MR) is 61.0 cm³/mol. The molecule has 2 nitrogen and oxygen atoms in total. The summed E-state index contributed by atoms with van der Waals surface area (Å²) in [5.74, 6) is 0.272. The maximum Gasteiger partial charge on any atom is 0.0668 e. The molecule has 0 aromatic heterocycles. The van der Waals surface area contributed by atoms with Crippen molar-refractivity contribution in [2.45, 2.75) is 25.8 Å². The topological polar surface area (TPSA) is 24.7 Å². The van der Waals surface area contributed by atoms with Gasteiger partial charge >= 0.3 is 0 Å². The maximum absolute atomic E-state index is 4.39. The van der Waals surface area contributed by atoms with E-state index in [1.165, 1.54) is 5.56 Å². The normalized spacial score (nSPS) is 19.5. The molecule has 0 saturated carbocycles. The molecule has 0 N–H and O–H groups in total. The van der Waals surface area contributed by atoms with E-state index < -0.39 is 0 Å². The lowest BCUT2D eigenvalue weighted by Gasteiger charge is -2.03. The minimum atomic E-state index is 0.272. The molecule has 0 fully saturated rings. The van der Waals surface area contributed by atoms with Gasteiger partial charge in [-0.2, -0.15) is 0 Å². The van der Waals surface area contributed by atoms with Gasteiger partial charge in [-0.05, 0) is 25.5 Å². The summed E-state index contributed by atoms with van der Waals surface area (Å²) < 4.78 is 0. The molecule has 1 aliphatic heterocycles. The Hall–Kier alpha value is -1.44. The average Bonchev–Trinajstić information content (AvgIpc) is 2.58. The molecule has 0 radical (unpaired) electrons. The van der Waals surface area contributed by atoms with Crippen LogP contribution in [0.15, 0.2) is 34.3 Å². The van der Waals surface area contributed by atoms with Gasteiger partial charge in [-0.25, -0.2) is 0 Å². The lowest BCUT2D eigenvalue weighted by molar-refractivity contribution is 0.837. The second-order valence-corrected chi connectivity index (χ2v) is 3.75. The second-order valence-electron chi connectivity index (χ2n) is 3.75. The van der Waals surface area contributed by atoms with Crippen LogP contribution in [0.5, 0.6) is 0 Å². The lowest BCUT2D eigenvalue weighted by atomic mass is 10.0. The average molecular weight is 186 g/mol. The molecule has 1 aromatic rings. The van der Waals surface area contributed by atoms with Crippen molar-refractivity contribution in [1.29, 1.82) is 0 Å². The second kappa shape index (κ2) is 3.74. The van der Waals surface area contributed by atoms with Crippen LogP contribution in [0, 0.1) is 0 Å². The van der Waals surface area contributed by atoms with Crippen LogP contribution in [0.25, 0.3) is 0 Å². The molecule has 14 heavy (non-hydrogen) atoms. The third-order valence-corrected chi connectivity index (χ3v) is 2.21. The van der Waals surface area contributed by atoms with E-state index in [0.717, 1.165) is 5.69 Å². The first-order chi connectivity index (χ1) is 6.77. The number of benzene rings is 1. The Labute approximate surface area is 84.4 Å². The van der Waals surface area contributed by atoms with Crippen LogP contribution in [0.3, 0.4) is 0 Å². The first kappa shape index (κ1) is 9.13. The van der Waals surface area contributed by atoms with Crippen LogP contribution >= 0.6 is 0 Å². The van der Waals surface area contributed by atoms with Gasteiger partial charge in [-0.3, -0.25) is 9.98 Å². The largest absolute Gasteiger partial charge is 0.294 e. The minimum absolute atomic E-state index is 0.272. The molecule has 2 rings (SSSR count). The van der Waals surface area contributed by atoms with E-state index in [1.54, 1.807) is 0 Å². The molecule has 0 aliphatic carbocycles.